The fourth-order valence-electron chi connectivity index (χ4n) is 2.82. The number of halogens is 1. The van der Waals surface area contributed by atoms with E-state index in [1.807, 2.05) is 0 Å². The van der Waals surface area contributed by atoms with Gasteiger partial charge in [0.15, 0.2) is 0 Å². The summed E-state index contributed by atoms with van der Waals surface area (Å²) in [5.74, 6) is 1.18. The minimum Gasteiger partial charge on any atom is -0.353 e. The van der Waals surface area contributed by atoms with E-state index in [1.165, 1.54) is 12.8 Å². The van der Waals surface area contributed by atoms with Crippen molar-refractivity contribution in [2.45, 2.75) is 64.8 Å². The van der Waals surface area contributed by atoms with E-state index in [0.717, 1.165) is 37.4 Å². The molecule has 1 saturated carbocycles. The van der Waals surface area contributed by atoms with Crippen LogP contribution in [0.3, 0.4) is 0 Å². The van der Waals surface area contributed by atoms with Gasteiger partial charge in [-0.15, -0.1) is 0 Å². The quantitative estimate of drug-likeness (QED) is 0.711. The van der Waals surface area contributed by atoms with Crippen LogP contribution in [0.2, 0.25) is 0 Å². The monoisotopic (exact) mass is 303 g/mol. The molecule has 2 atom stereocenters. The minimum absolute atomic E-state index is 0.238. The molecule has 1 aliphatic rings. The molecule has 0 aromatic heterocycles. The number of hydrogen-bond acceptors (Lipinski definition) is 1. The number of amides is 1. The van der Waals surface area contributed by atoms with Gasteiger partial charge in [0.1, 0.15) is 0 Å². The molecule has 2 unspecified atom stereocenters. The van der Waals surface area contributed by atoms with Crippen LogP contribution in [0.1, 0.15) is 58.8 Å². The van der Waals surface area contributed by atoms with Crippen molar-refractivity contribution in [3.05, 3.63) is 0 Å². The van der Waals surface area contributed by atoms with Crippen LogP contribution in [0, 0.1) is 11.8 Å². The summed E-state index contributed by atoms with van der Waals surface area (Å²) in [6.45, 7) is 4.32. The Balaban J connectivity index is 2.44. The van der Waals surface area contributed by atoms with Crippen molar-refractivity contribution in [1.29, 1.82) is 0 Å². The molecule has 0 radical (unpaired) electrons. The fourth-order valence-corrected chi connectivity index (χ4v) is 3.59. The summed E-state index contributed by atoms with van der Waals surface area (Å²) in [4.78, 5) is 12.2. The van der Waals surface area contributed by atoms with Gasteiger partial charge >= 0.3 is 0 Å². The third-order valence-electron chi connectivity index (χ3n) is 3.83. The van der Waals surface area contributed by atoms with Gasteiger partial charge in [-0.3, -0.25) is 4.79 Å². The van der Waals surface area contributed by atoms with Gasteiger partial charge in [-0.1, -0.05) is 49.0 Å². The van der Waals surface area contributed by atoms with Crippen LogP contribution in [0.15, 0.2) is 0 Å². The Morgan fingerprint density at radius 3 is 2.47 bits per heavy atom. The average Bonchev–Trinajstić information content (AvgIpc) is 2.76. The molecule has 0 aromatic carbocycles. The van der Waals surface area contributed by atoms with Crippen molar-refractivity contribution < 1.29 is 4.79 Å². The Kier molecular flexibility index (Phi) is 7.17. The maximum atomic E-state index is 12.2. The van der Waals surface area contributed by atoms with E-state index in [-0.39, 0.29) is 5.92 Å². The predicted molar refractivity (Wildman–Crippen MR) is 76.4 cm³/mol. The van der Waals surface area contributed by atoms with Gasteiger partial charge in [-0.2, -0.15) is 0 Å². The summed E-state index contributed by atoms with van der Waals surface area (Å²) in [5.41, 5.74) is 0. The third-order valence-corrected chi connectivity index (χ3v) is 4.66. The van der Waals surface area contributed by atoms with Gasteiger partial charge in [0.25, 0.3) is 0 Å². The molecule has 1 aliphatic carbocycles. The largest absolute Gasteiger partial charge is 0.353 e. The number of carbonyl (C=O) groups excluding carboxylic acids is 1. The molecule has 1 amide bonds. The lowest BCUT2D eigenvalue weighted by Crippen LogP contribution is -2.41. The second kappa shape index (κ2) is 8.12. The maximum absolute atomic E-state index is 12.2. The van der Waals surface area contributed by atoms with Crippen molar-refractivity contribution in [1.82, 2.24) is 5.32 Å². The van der Waals surface area contributed by atoms with Gasteiger partial charge in [0, 0.05) is 17.3 Å². The van der Waals surface area contributed by atoms with Gasteiger partial charge in [-0.25, -0.2) is 0 Å². The van der Waals surface area contributed by atoms with E-state index in [2.05, 4.69) is 35.1 Å². The van der Waals surface area contributed by atoms with Crippen LogP contribution in [-0.2, 0) is 4.79 Å². The van der Waals surface area contributed by atoms with Gasteiger partial charge in [-0.05, 0) is 31.6 Å². The van der Waals surface area contributed by atoms with Crippen molar-refractivity contribution in [3.8, 4) is 0 Å². The predicted octanol–water partition coefficient (Wildman–Crippen LogP) is 3.88. The normalized spacial score (nSPS) is 24.2. The zero-order chi connectivity index (χ0) is 12.7. The second-order valence-electron chi connectivity index (χ2n) is 5.23. The van der Waals surface area contributed by atoms with Crippen LogP contribution < -0.4 is 5.32 Å². The smallest absolute Gasteiger partial charge is 0.223 e. The minimum atomic E-state index is 0.238. The average molecular weight is 304 g/mol. The Labute approximate surface area is 114 Å². The summed E-state index contributed by atoms with van der Waals surface area (Å²) in [5, 5.41) is 4.30. The second-order valence-corrected chi connectivity index (χ2v) is 5.88. The molecule has 0 bridgehead atoms. The molecule has 0 heterocycles. The molecule has 1 rings (SSSR count). The zero-order valence-electron chi connectivity index (χ0n) is 11.2. The topological polar surface area (TPSA) is 29.1 Å². The Morgan fingerprint density at radius 1 is 1.29 bits per heavy atom. The molecule has 3 heteroatoms. The summed E-state index contributed by atoms with van der Waals surface area (Å²) < 4.78 is 0. The zero-order valence-corrected chi connectivity index (χ0v) is 12.8. The highest BCUT2D eigenvalue weighted by Gasteiger charge is 2.29. The molecule has 1 fully saturated rings. The molecule has 0 aliphatic heterocycles. The van der Waals surface area contributed by atoms with Crippen LogP contribution >= 0.6 is 15.9 Å². The SMILES string of the molecule is CCCC(CCC)C(=O)NC1CCCC1CBr. The first-order chi connectivity index (χ1) is 8.22. The lowest BCUT2D eigenvalue weighted by atomic mass is 9.96. The van der Waals surface area contributed by atoms with Crippen LogP contribution in [-0.4, -0.2) is 17.3 Å². The number of rotatable bonds is 7. The Bertz CT molecular complexity index is 226. The fraction of sp³-hybridized carbons (Fsp3) is 0.929. The van der Waals surface area contributed by atoms with Gasteiger partial charge in [0.05, 0.1) is 0 Å². The summed E-state index contributed by atoms with van der Waals surface area (Å²) >= 11 is 3.55. The first kappa shape index (κ1) is 15.0. The van der Waals surface area contributed by atoms with E-state index in [9.17, 15) is 4.79 Å². The van der Waals surface area contributed by atoms with Crippen molar-refractivity contribution >= 4 is 21.8 Å². The summed E-state index contributed by atoms with van der Waals surface area (Å²) in [6.07, 6.45) is 7.94. The highest BCUT2D eigenvalue weighted by Crippen LogP contribution is 2.27. The van der Waals surface area contributed by atoms with Crippen molar-refractivity contribution in [3.63, 3.8) is 0 Å². The molecule has 2 nitrogen and oxygen atoms in total. The molecular weight excluding hydrogens is 278 g/mol. The highest BCUT2D eigenvalue weighted by atomic mass is 79.9. The van der Waals surface area contributed by atoms with Crippen molar-refractivity contribution in [2.75, 3.05) is 5.33 Å². The third kappa shape index (κ3) is 4.61. The molecular formula is C14H26BrNO. The molecule has 100 valence electrons. The molecule has 1 N–H and O–H groups in total. The lowest BCUT2D eigenvalue weighted by molar-refractivity contribution is -0.126. The maximum Gasteiger partial charge on any atom is 0.223 e. The van der Waals surface area contributed by atoms with Crippen LogP contribution in [0.4, 0.5) is 0 Å². The summed E-state index contributed by atoms with van der Waals surface area (Å²) in [6, 6.07) is 0.415. The van der Waals surface area contributed by atoms with E-state index in [1.54, 1.807) is 0 Å². The Hall–Kier alpha value is -0.0500. The standard InChI is InChI=1S/C14H26BrNO/c1-3-6-11(7-4-2)14(17)16-13-9-5-8-12(13)10-15/h11-13H,3-10H2,1-2H3,(H,16,17). The number of nitrogens with one attached hydrogen (secondary N) is 1. The number of alkyl halides is 1. The van der Waals surface area contributed by atoms with E-state index < -0.39 is 0 Å². The molecule has 0 saturated heterocycles. The first-order valence-corrected chi connectivity index (χ1v) is 8.21. The van der Waals surface area contributed by atoms with E-state index in [4.69, 9.17) is 0 Å². The van der Waals surface area contributed by atoms with Gasteiger partial charge in [0.2, 0.25) is 5.91 Å². The van der Waals surface area contributed by atoms with Gasteiger partial charge < -0.3 is 5.32 Å². The van der Waals surface area contributed by atoms with Crippen LogP contribution in [0.5, 0.6) is 0 Å². The highest BCUT2D eigenvalue weighted by molar-refractivity contribution is 9.09. The number of hydrogen-bond donors (Lipinski definition) is 1. The summed E-state index contributed by atoms with van der Waals surface area (Å²) in [7, 11) is 0. The van der Waals surface area contributed by atoms with E-state index in [0.29, 0.717) is 17.9 Å². The first-order valence-electron chi connectivity index (χ1n) is 7.09. The molecule has 17 heavy (non-hydrogen) atoms. The number of carbonyl (C=O) groups is 1. The molecule has 0 spiro atoms. The van der Waals surface area contributed by atoms with E-state index >= 15 is 0 Å². The van der Waals surface area contributed by atoms with Crippen LogP contribution in [0.25, 0.3) is 0 Å². The lowest BCUT2D eigenvalue weighted by Gasteiger charge is -2.23. The molecule has 0 aromatic rings. The Morgan fingerprint density at radius 2 is 1.94 bits per heavy atom. The van der Waals surface area contributed by atoms with Crippen molar-refractivity contribution in [2.24, 2.45) is 11.8 Å².